The van der Waals surface area contributed by atoms with E-state index in [0.717, 1.165) is 141 Å². The number of unbranched alkanes of at least 4 members (excludes halogenated alkanes) is 11. The summed E-state index contributed by atoms with van der Waals surface area (Å²) < 4.78 is 17.4. The third-order valence-corrected chi connectivity index (χ3v) is 11.2. The quantitative estimate of drug-likeness (QED) is 0.0345. The van der Waals surface area contributed by atoms with Crippen LogP contribution in [0.1, 0.15) is 213 Å². The van der Waals surface area contributed by atoms with E-state index in [4.69, 9.17) is 14.2 Å². The molecular weight excluding hydrogens is 885 g/mol. The number of hydrogen-bond donors (Lipinski definition) is 0. The van der Waals surface area contributed by atoms with Gasteiger partial charge in [0, 0.05) is 19.4 Å². The van der Waals surface area contributed by atoms with Crippen LogP contribution >= 0.6 is 0 Å². The highest BCUT2D eigenvalue weighted by atomic mass is 16.6. The maximum atomic E-state index is 12.9. The molecule has 0 spiro atoms. The number of rotatable bonds is 50. The molecule has 5 nitrogen and oxygen atoms in total. The van der Waals surface area contributed by atoms with Gasteiger partial charge in [0.2, 0.25) is 0 Å². The van der Waals surface area contributed by atoms with E-state index < -0.39 is 6.10 Å². The molecule has 0 saturated heterocycles. The number of ether oxygens (including phenoxy) is 3. The Hall–Kier alpha value is -4.74. The smallest absolute Gasteiger partial charge is 0.306 e. The number of carbonyl (C=O) groups excluding carboxylic acids is 2. The van der Waals surface area contributed by atoms with Gasteiger partial charge in [-0.3, -0.25) is 9.59 Å². The first-order valence-electron chi connectivity index (χ1n) is 28.7. The predicted octanol–water partition coefficient (Wildman–Crippen LogP) is 20.0. The fourth-order valence-corrected chi connectivity index (χ4v) is 7.09. The summed E-state index contributed by atoms with van der Waals surface area (Å²) in [7, 11) is 0. The molecule has 0 amide bonds. The minimum Gasteiger partial charge on any atom is -0.462 e. The molecule has 0 heterocycles. The third kappa shape index (κ3) is 57.8. The Kier molecular flexibility index (Phi) is 56.6. The van der Waals surface area contributed by atoms with E-state index in [1.165, 1.54) is 32.1 Å². The van der Waals surface area contributed by atoms with Gasteiger partial charge in [-0.1, -0.05) is 229 Å². The van der Waals surface area contributed by atoms with E-state index in [1.807, 2.05) is 0 Å². The van der Waals surface area contributed by atoms with Gasteiger partial charge in [-0.2, -0.15) is 0 Å². The van der Waals surface area contributed by atoms with Crippen molar-refractivity contribution in [1.82, 2.24) is 0 Å². The summed E-state index contributed by atoms with van der Waals surface area (Å²) in [5, 5.41) is 0. The van der Waals surface area contributed by atoms with Crippen molar-refractivity contribution in [2.24, 2.45) is 0 Å². The average Bonchev–Trinajstić information content (AvgIpc) is 3.38. The molecule has 0 aliphatic carbocycles. The predicted molar refractivity (Wildman–Crippen MR) is 315 cm³/mol. The Morgan fingerprint density at radius 2 is 0.597 bits per heavy atom. The zero-order chi connectivity index (χ0) is 52.0. The van der Waals surface area contributed by atoms with E-state index in [0.29, 0.717) is 25.9 Å². The van der Waals surface area contributed by atoms with Crippen molar-refractivity contribution in [3.05, 3.63) is 170 Å². The van der Waals surface area contributed by atoms with Crippen LogP contribution in [-0.2, 0) is 23.8 Å². The van der Waals surface area contributed by atoms with E-state index in [2.05, 4.69) is 191 Å². The highest BCUT2D eigenvalue weighted by Gasteiger charge is 2.17. The van der Waals surface area contributed by atoms with Gasteiger partial charge in [0.1, 0.15) is 6.61 Å². The molecule has 0 fully saturated rings. The molecule has 1 atom stereocenters. The van der Waals surface area contributed by atoms with Gasteiger partial charge in [0.05, 0.1) is 6.61 Å². The monoisotopic (exact) mass is 989 g/mol. The first-order valence-corrected chi connectivity index (χ1v) is 28.7. The lowest BCUT2D eigenvalue weighted by molar-refractivity contribution is -0.162. The second-order valence-corrected chi connectivity index (χ2v) is 18.0. The minimum absolute atomic E-state index is 0.0281. The fourth-order valence-electron chi connectivity index (χ4n) is 7.09. The summed E-state index contributed by atoms with van der Waals surface area (Å²) >= 11 is 0. The number of allylic oxidation sites excluding steroid dienone is 28. The third-order valence-electron chi connectivity index (χ3n) is 11.2. The minimum atomic E-state index is -0.601. The molecule has 72 heavy (non-hydrogen) atoms. The highest BCUT2D eigenvalue weighted by molar-refractivity contribution is 5.70. The van der Waals surface area contributed by atoms with E-state index in [9.17, 15) is 9.59 Å². The van der Waals surface area contributed by atoms with Gasteiger partial charge in [-0.15, -0.1) is 0 Å². The Balaban J connectivity index is 4.49. The summed E-state index contributed by atoms with van der Waals surface area (Å²) in [5.74, 6) is -0.521. The lowest BCUT2D eigenvalue weighted by Gasteiger charge is -2.18. The van der Waals surface area contributed by atoms with Gasteiger partial charge in [0.15, 0.2) is 6.10 Å². The van der Waals surface area contributed by atoms with Crippen LogP contribution in [0.2, 0.25) is 0 Å². The molecule has 0 aromatic carbocycles. The Morgan fingerprint density at radius 1 is 0.306 bits per heavy atom. The summed E-state index contributed by atoms with van der Waals surface area (Å²) in [6.07, 6.45) is 90.9. The zero-order valence-electron chi connectivity index (χ0n) is 46.1. The lowest BCUT2D eigenvalue weighted by Crippen LogP contribution is -2.30. The second-order valence-electron chi connectivity index (χ2n) is 18.0. The molecule has 5 heteroatoms. The van der Waals surface area contributed by atoms with Gasteiger partial charge in [-0.25, -0.2) is 0 Å². The molecule has 0 aliphatic rings. The van der Waals surface area contributed by atoms with Crippen LogP contribution in [0.3, 0.4) is 0 Å². The second kappa shape index (κ2) is 60.6. The summed E-state index contributed by atoms with van der Waals surface area (Å²) in [4.78, 5) is 25.5. The van der Waals surface area contributed by atoms with E-state index in [-0.39, 0.29) is 25.2 Å². The Labute approximate surface area is 443 Å². The fraction of sp³-hybridized carbons (Fsp3) is 0.552. The highest BCUT2D eigenvalue weighted by Crippen LogP contribution is 2.12. The average molecular weight is 990 g/mol. The zero-order valence-corrected chi connectivity index (χ0v) is 46.1. The van der Waals surface area contributed by atoms with Crippen LogP contribution in [-0.4, -0.2) is 37.9 Å². The first-order chi connectivity index (χ1) is 35.6. The molecule has 0 saturated carbocycles. The molecule has 0 N–H and O–H groups in total. The Bertz CT molecular complexity index is 1640. The van der Waals surface area contributed by atoms with Crippen LogP contribution in [0.4, 0.5) is 0 Å². The SMILES string of the molecule is CC/C=C\C/C=C\C/C=C\C/C=C\C/C=C\CCCCCC(=O)OCC(COCCCCCCCCC/C=C\C/C=C\C/C=C\C/C=C\CC)OC(=O)CCC/C=C\C/C=C\C/C=C\C/C=C\C/C=C\CC. The molecular formula is C67H104O5. The van der Waals surface area contributed by atoms with E-state index >= 15 is 0 Å². The van der Waals surface area contributed by atoms with Gasteiger partial charge in [-0.05, 0) is 141 Å². The van der Waals surface area contributed by atoms with Crippen molar-refractivity contribution < 1.29 is 23.8 Å². The van der Waals surface area contributed by atoms with Crippen molar-refractivity contribution in [3.8, 4) is 0 Å². The van der Waals surface area contributed by atoms with E-state index in [1.54, 1.807) is 0 Å². The van der Waals surface area contributed by atoms with Crippen LogP contribution in [0, 0.1) is 0 Å². The van der Waals surface area contributed by atoms with Crippen molar-refractivity contribution >= 4 is 11.9 Å². The number of carbonyl (C=O) groups is 2. The van der Waals surface area contributed by atoms with Gasteiger partial charge in [0.25, 0.3) is 0 Å². The standard InChI is InChI=1S/C67H104O5/c1-4-7-10-13-16-19-22-25-28-31-33-35-38-41-44-47-50-53-56-59-62-70-63-65(72-67(69)61-58-55-52-49-46-43-40-36-30-27-24-21-18-15-12-9-6-3)64-71-66(68)60-57-54-51-48-45-42-39-37-34-32-29-26-23-20-17-14-11-8-5-2/h7-12,16-21,25-30,33-35,37,40,42-43,45,49,52,65H,4-6,13-15,22-24,31-32,36,38-39,41,44,46-48,50-51,53-64H2,1-3H3/b10-7-,11-8-,12-9-,19-16-,20-17-,21-18-,28-25-,29-26-,30-27-,35-33-,37-34-,43-40-,45-42-,52-49-. The summed E-state index contributed by atoms with van der Waals surface area (Å²) in [6, 6.07) is 0. The summed E-state index contributed by atoms with van der Waals surface area (Å²) in [5.41, 5.74) is 0. The molecule has 1 unspecified atom stereocenters. The maximum Gasteiger partial charge on any atom is 0.306 e. The normalized spacial score (nSPS) is 13.5. The van der Waals surface area contributed by atoms with Gasteiger partial charge < -0.3 is 14.2 Å². The first kappa shape index (κ1) is 67.3. The van der Waals surface area contributed by atoms with Crippen molar-refractivity contribution in [3.63, 3.8) is 0 Å². The molecule has 0 radical (unpaired) electrons. The van der Waals surface area contributed by atoms with Crippen molar-refractivity contribution in [1.29, 1.82) is 0 Å². The molecule has 0 aromatic rings. The van der Waals surface area contributed by atoms with Crippen LogP contribution in [0.5, 0.6) is 0 Å². The van der Waals surface area contributed by atoms with Crippen molar-refractivity contribution in [2.75, 3.05) is 19.8 Å². The van der Waals surface area contributed by atoms with Crippen LogP contribution < -0.4 is 0 Å². The van der Waals surface area contributed by atoms with Crippen LogP contribution in [0.25, 0.3) is 0 Å². The van der Waals surface area contributed by atoms with Crippen LogP contribution in [0.15, 0.2) is 170 Å². The molecule has 0 bridgehead atoms. The molecule has 402 valence electrons. The summed E-state index contributed by atoms with van der Waals surface area (Å²) in [6.45, 7) is 7.34. The maximum absolute atomic E-state index is 12.9. The molecule has 0 aliphatic heterocycles. The molecule has 0 rings (SSSR count). The Morgan fingerprint density at radius 3 is 0.972 bits per heavy atom. The van der Waals surface area contributed by atoms with Crippen molar-refractivity contribution in [2.45, 2.75) is 219 Å². The lowest BCUT2D eigenvalue weighted by atomic mass is 10.1. The topological polar surface area (TPSA) is 61.8 Å². The molecule has 0 aromatic heterocycles. The number of esters is 2. The van der Waals surface area contributed by atoms with Gasteiger partial charge >= 0.3 is 11.9 Å². The largest absolute Gasteiger partial charge is 0.462 e. The number of hydrogen-bond acceptors (Lipinski definition) is 5.